The van der Waals surface area contributed by atoms with Crippen LogP contribution in [0, 0.1) is 0 Å². The lowest BCUT2D eigenvalue weighted by atomic mass is 10.1. The Morgan fingerprint density at radius 3 is 2.52 bits per heavy atom. The molecular weight excluding hydrogens is 304 g/mol. The van der Waals surface area contributed by atoms with E-state index in [1.165, 1.54) is 11.8 Å². The average Bonchev–Trinajstić information content (AvgIpc) is 2.47. The van der Waals surface area contributed by atoms with Gasteiger partial charge in [-0.2, -0.15) is 0 Å². The van der Waals surface area contributed by atoms with Gasteiger partial charge in [-0.05, 0) is 44.2 Å². The summed E-state index contributed by atoms with van der Waals surface area (Å²) in [5.74, 6) is 1.06. The topological polar surface area (TPSA) is 26.3 Å². The van der Waals surface area contributed by atoms with Gasteiger partial charge in [0.2, 0.25) is 0 Å². The van der Waals surface area contributed by atoms with Crippen molar-refractivity contribution in [2.24, 2.45) is 0 Å². The zero-order valence-corrected chi connectivity index (χ0v) is 13.6. The van der Waals surface area contributed by atoms with Crippen molar-refractivity contribution in [3.63, 3.8) is 0 Å². The fourth-order valence-corrected chi connectivity index (χ4v) is 2.81. The van der Waals surface area contributed by atoms with Crippen LogP contribution in [0.4, 0.5) is 0 Å². The van der Waals surface area contributed by atoms with Crippen LogP contribution in [0.1, 0.15) is 24.2 Å². The minimum atomic E-state index is 0.0534. The number of hydrogen-bond donors (Lipinski definition) is 0. The number of rotatable bonds is 6. The van der Waals surface area contributed by atoms with Crippen molar-refractivity contribution >= 4 is 29.1 Å². The summed E-state index contributed by atoms with van der Waals surface area (Å²) in [7, 11) is 0. The normalized spacial score (nSPS) is 10.7. The van der Waals surface area contributed by atoms with E-state index in [9.17, 15) is 4.79 Å². The summed E-state index contributed by atoms with van der Waals surface area (Å²) in [5, 5.41) is 0.472. The molecule has 0 spiro atoms. The third-order valence-electron chi connectivity index (χ3n) is 2.73. The Kier molecular flexibility index (Phi) is 5.71. The molecule has 0 atom stereocenters. The van der Waals surface area contributed by atoms with Crippen molar-refractivity contribution in [2.45, 2.75) is 24.8 Å². The highest BCUT2D eigenvalue weighted by atomic mass is 35.5. The van der Waals surface area contributed by atoms with Crippen LogP contribution in [0.2, 0.25) is 5.02 Å². The van der Waals surface area contributed by atoms with E-state index in [2.05, 4.69) is 0 Å². The van der Waals surface area contributed by atoms with Crippen LogP contribution in [0.5, 0.6) is 5.75 Å². The van der Waals surface area contributed by atoms with E-state index < -0.39 is 0 Å². The largest absolute Gasteiger partial charge is 0.489 e. The molecule has 0 aliphatic heterocycles. The van der Waals surface area contributed by atoms with Crippen molar-refractivity contribution in [2.75, 3.05) is 5.75 Å². The van der Waals surface area contributed by atoms with Gasteiger partial charge in [0, 0.05) is 10.5 Å². The molecule has 4 heteroatoms. The van der Waals surface area contributed by atoms with Gasteiger partial charge < -0.3 is 4.74 Å². The Hall–Kier alpha value is -1.45. The van der Waals surface area contributed by atoms with Crippen molar-refractivity contribution in [1.82, 2.24) is 0 Å². The quantitative estimate of drug-likeness (QED) is 0.547. The standard InChI is InChI=1S/C17H17ClO2S/c1-12(2)20-17-9-8-13(10-15(17)18)16(19)11-21-14-6-4-3-5-7-14/h3-10,12H,11H2,1-2H3. The van der Waals surface area contributed by atoms with E-state index in [-0.39, 0.29) is 11.9 Å². The van der Waals surface area contributed by atoms with Gasteiger partial charge >= 0.3 is 0 Å². The summed E-state index contributed by atoms with van der Waals surface area (Å²) < 4.78 is 5.56. The monoisotopic (exact) mass is 320 g/mol. The second-order valence-electron chi connectivity index (χ2n) is 4.84. The van der Waals surface area contributed by atoms with Crippen molar-refractivity contribution in [3.8, 4) is 5.75 Å². The van der Waals surface area contributed by atoms with Crippen LogP contribution in [0.3, 0.4) is 0 Å². The maximum absolute atomic E-state index is 12.2. The maximum atomic E-state index is 12.2. The third kappa shape index (κ3) is 4.80. The molecule has 0 amide bonds. The predicted molar refractivity (Wildman–Crippen MR) is 88.7 cm³/mol. The Morgan fingerprint density at radius 1 is 1.19 bits per heavy atom. The summed E-state index contributed by atoms with van der Waals surface area (Å²) in [6.45, 7) is 3.87. The summed E-state index contributed by atoms with van der Waals surface area (Å²) >= 11 is 7.67. The molecule has 2 aromatic rings. The van der Waals surface area contributed by atoms with Gasteiger partial charge in [-0.15, -0.1) is 11.8 Å². The lowest BCUT2D eigenvalue weighted by molar-refractivity contribution is 0.102. The van der Waals surface area contributed by atoms with Crippen molar-refractivity contribution in [1.29, 1.82) is 0 Å². The highest BCUT2D eigenvalue weighted by Crippen LogP contribution is 2.27. The Balaban J connectivity index is 2.01. The van der Waals surface area contributed by atoms with E-state index in [1.807, 2.05) is 44.2 Å². The number of ether oxygens (including phenoxy) is 1. The molecule has 21 heavy (non-hydrogen) atoms. The first kappa shape index (κ1) is 15.9. The first-order valence-corrected chi connectivity index (χ1v) is 8.10. The highest BCUT2D eigenvalue weighted by molar-refractivity contribution is 8.00. The molecule has 2 rings (SSSR count). The summed E-state index contributed by atoms with van der Waals surface area (Å²) in [5.41, 5.74) is 0.611. The molecule has 0 fully saturated rings. The predicted octanol–water partition coefficient (Wildman–Crippen LogP) is 5.10. The smallest absolute Gasteiger partial charge is 0.173 e. The van der Waals surface area contributed by atoms with Gasteiger partial charge in [-0.3, -0.25) is 4.79 Å². The minimum Gasteiger partial charge on any atom is -0.489 e. The van der Waals surface area contributed by atoms with E-state index in [1.54, 1.807) is 18.2 Å². The molecule has 0 saturated carbocycles. The molecular formula is C17H17ClO2S. The Bertz CT molecular complexity index is 611. The van der Waals surface area contributed by atoms with Gasteiger partial charge in [0.15, 0.2) is 5.78 Å². The molecule has 0 N–H and O–H groups in total. The van der Waals surface area contributed by atoms with Gasteiger partial charge in [0.25, 0.3) is 0 Å². The van der Waals surface area contributed by atoms with Gasteiger partial charge in [0.1, 0.15) is 5.75 Å². The van der Waals surface area contributed by atoms with Crippen molar-refractivity contribution < 1.29 is 9.53 Å². The average molecular weight is 321 g/mol. The fourth-order valence-electron chi connectivity index (χ4n) is 1.77. The van der Waals surface area contributed by atoms with Gasteiger partial charge in [0.05, 0.1) is 16.9 Å². The molecule has 0 aromatic heterocycles. The second kappa shape index (κ2) is 7.53. The van der Waals surface area contributed by atoms with Crippen LogP contribution >= 0.6 is 23.4 Å². The molecule has 110 valence electrons. The molecule has 2 nitrogen and oxygen atoms in total. The number of halogens is 1. The molecule has 0 aliphatic carbocycles. The molecule has 0 heterocycles. The summed E-state index contributed by atoms with van der Waals surface area (Å²) in [4.78, 5) is 13.3. The zero-order valence-electron chi connectivity index (χ0n) is 12.0. The molecule has 0 radical (unpaired) electrons. The Labute approximate surface area is 134 Å². The maximum Gasteiger partial charge on any atom is 0.173 e. The summed E-state index contributed by atoms with van der Waals surface area (Å²) in [6.07, 6.45) is 0.0534. The SMILES string of the molecule is CC(C)Oc1ccc(C(=O)CSc2ccccc2)cc1Cl. The number of hydrogen-bond acceptors (Lipinski definition) is 3. The number of thioether (sulfide) groups is 1. The van der Waals surface area contributed by atoms with E-state index in [0.29, 0.717) is 22.1 Å². The summed E-state index contributed by atoms with van der Waals surface area (Å²) in [6, 6.07) is 15.0. The number of benzene rings is 2. The second-order valence-corrected chi connectivity index (χ2v) is 6.29. The number of carbonyl (C=O) groups excluding carboxylic acids is 1. The number of carbonyl (C=O) groups is 1. The molecule has 0 saturated heterocycles. The fraction of sp³-hybridized carbons (Fsp3) is 0.235. The molecule has 0 aliphatic rings. The lowest BCUT2D eigenvalue weighted by Gasteiger charge is -2.12. The van der Waals surface area contributed by atoms with Crippen LogP contribution in [0.25, 0.3) is 0 Å². The Morgan fingerprint density at radius 2 is 1.90 bits per heavy atom. The van der Waals surface area contributed by atoms with E-state index in [4.69, 9.17) is 16.3 Å². The van der Waals surface area contributed by atoms with Crippen LogP contribution in [-0.2, 0) is 0 Å². The van der Waals surface area contributed by atoms with Gasteiger partial charge in [-0.25, -0.2) is 0 Å². The van der Waals surface area contributed by atoms with Gasteiger partial charge in [-0.1, -0.05) is 29.8 Å². The lowest BCUT2D eigenvalue weighted by Crippen LogP contribution is -2.07. The van der Waals surface area contributed by atoms with Crippen LogP contribution < -0.4 is 4.74 Å². The van der Waals surface area contributed by atoms with Crippen LogP contribution in [-0.4, -0.2) is 17.6 Å². The third-order valence-corrected chi connectivity index (χ3v) is 4.04. The first-order chi connectivity index (χ1) is 10.1. The van der Waals surface area contributed by atoms with Crippen molar-refractivity contribution in [3.05, 3.63) is 59.1 Å². The zero-order chi connectivity index (χ0) is 15.2. The minimum absolute atomic E-state index is 0.0534. The van der Waals surface area contributed by atoms with Crippen LogP contribution in [0.15, 0.2) is 53.4 Å². The van der Waals surface area contributed by atoms with E-state index >= 15 is 0 Å². The molecule has 0 bridgehead atoms. The first-order valence-electron chi connectivity index (χ1n) is 6.73. The number of ketones is 1. The van der Waals surface area contributed by atoms with E-state index in [0.717, 1.165) is 4.90 Å². The highest BCUT2D eigenvalue weighted by Gasteiger charge is 2.11. The molecule has 2 aromatic carbocycles. The molecule has 0 unspecified atom stereocenters. The number of Topliss-reactive ketones (excluding diaryl/α,β-unsaturated/α-hetero) is 1.